The van der Waals surface area contributed by atoms with Crippen molar-refractivity contribution in [2.75, 3.05) is 13.1 Å². The molecule has 1 unspecified atom stereocenters. The van der Waals surface area contributed by atoms with Crippen LogP contribution in [0.3, 0.4) is 0 Å². The Kier molecular flexibility index (Phi) is 4.54. The van der Waals surface area contributed by atoms with E-state index in [1.54, 1.807) is 6.07 Å². The van der Waals surface area contributed by atoms with E-state index in [1.807, 2.05) is 0 Å². The molecule has 1 aliphatic heterocycles. The van der Waals surface area contributed by atoms with Gasteiger partial charge in [0.25, 0.3) is 5.91 Å². The number of hydrogen-bond donors (Lipinski definition) is 2. The summed E-state index contributed by atoms with van der Waals surface area (Å²) in [7, 11) is 0. The molecule has 4 nitrogen and oxygen atoms in total. The molecule has 6 heteroatoms. The number of amides is 1. The summed E-state index contributed by atoms with van der Waals surface area (Å²) in [6.07, 6.45) is 2.09. The first-order valence-electron chi connectivity index (χ1n) is 6.57. The lowest BCUT2D eigenvalue weighted by Gasteiger charge is -2.24. The molecule has 1 saturated heterocycles. The van der Waals surface area contributed by atoms with E-state index in [1.165, 1.54) is 18.2 Å². The highest BCUT2D eigenvalue weighted by Gasteiger charge is 2.28. The van der Waals surface area contributed by atoms with Crippen molar-refractivity contribution in [2.45, 2.75) is 31.9 Å². The third-order valence-corrected chi connectivity index (χ3v) is 3.42. The van der Waals surface area contributed by atoms with Crippen LogP contribution in [0.5, 0.6) is 5.75 Å². The van der Waals surface area contributed by atoms with Crippen molar-refractivity contribution in [3.8, 4) is 5.75 Å². The van der Waals surface area contributed by atoms with Crippen LogP contribution in [0.1, 0.15) is 30.1 Å². The van der Waals surface area contributed by atoms with Crippen LogP contribution in [0, 0.1) is 0 Å². The summed E-state index contributed by atoms with van der Waals surface area (Å²) in [6.45, 7) is 0.613. The molecule has 0 bridgehead atoms. The van der Waals surface area contributed by atoms with Crippen LogP contribution in [0.4, 0.5) is 8.78 Å². The first-order valence-corrected chi connectivity index (χ1v) is 6.57. The number of ether oxygens (including phenoxy) is 1. The summed E-state index contributed by atoms with van der Waals surface area (Å²) >= 11 is 0. The number of benzene rings is 1. The highest BCUT2D eigenvalue weighted by atomic mass is 19.3. The maximum Gasteiger partial charge on any atom is 0.387 e. The van der Waals surface area contributed by atoms with Crippen molar-refractivity contribution in [1.82, 2.24) is 10.6 Å². The second kappa shape index (κ2) is 6.17. The molecular formula is C14H18F2N2O2. The Hall–Kier alpha value is -1.69. The van der Waals surface area contributed by atoms with E-state index in [4.69, 9.17) is 0 Å². The lowest BCUT2D eigenvalue weighted by atomic mass is 10.0. The minimum Gasteiger partial charge on any atom is -0.435 e. The number of carbonyl (C=O) groups excluding carboxylic acids is 1. The van der Waals surface area contributed by atoms with E-state index in [0.29, 0.717) is 12.1 Å². The second-order valence-corrected chi connectivity index (χ2v) is 5.18. The van der Waals surface area contributed by atoms with Crippen molar-refractivity contribution in [1.29, 1.82) is 0 Å². The first-order chi connectivity index (χ1) is 9.48. The van der Waals surface area contributed by atoms with Gasteiger partial charge in [-0.05, 0) is 44.5 Å². The van der Waals surface area contributed by atoms with Crippen LogP contribution in [0.25, 0.3) is 0 Å². The van der Waals surface area contributed by atoms with E-state index in [9.17, 15) is 13.6 Å². The number of rotatable bonds is 5. The molecule has 1 heterocycles. The fourth-order valence-electron chi connectivity index (χ4n) is 2.30. The predicted octanol–water partition coefficient (Wildman–Crippen LogP) is 2.16. The SMILES string of the molecule is CC1(CNC(=O)c2cccc(OC(F)F)c2)CCCN1. The van der Waals surface area contributed by atoms with E-state index >= 15 is 0 Å². The van der Waals surface area contributed by atoms with Gasteiger partial charge in [0.2, 0.25) is 0 Å². The Bertz CT molecular complexity index is 474. The third-order valence-electron chi connectivity index (χ3n) is 3.42. The van der Waals surface area contributed by atoms with Crippen LogP contribution in [-0.4, -0.2) is 31.1 Å². The largest absolute Gasteiger partial charge is 0.435 e. The van der Waals surface area contributed by atoms with Gasteiger partial charge in [0.05, 0.1) is 0 Å². The molecule has 1 aliphatic rings. The lowest BCUT2D eigenvalue weighted by molar-refractivity contribution is -0.0498. The Morgan fingerprint density at radius 1 is 1.55 bits per heavy atom. The van der Waals surface area contributed by atoms with E-state index in [0.717, 1.165) is 19.4 Å². The van der Waals surface area contributed by atoms with Gasteiger partial charge < -0.3 is 15.4 Å². The van der Waals surface area contributed by atoms with Gasteiger partial charge in [0.1, 0.15) is 5.75 Å². The van der Waals surface area contributed by atoms with Gasteiger partial charge in [-0.3, -0.25) is 4.79 Å². The molecule has 0 radical (unpaired) electrons. The Labute approximate surface area is 116 Å². The summed E-state index contributed by atoms with van der Waals surface area (Å²) in [5.74, 6) is -0.308. The number of carbonyl (C=O) groups is 1. The Morgan fingerprint density at radius 3 is 3.00 bits per heavy atom. The molecule has 0 aromatic heterocycles. The number of alkyl halides is 2. The number of hydrogen-bond acceptors (Lipinski definition) is 3. The first kappa shape index (κ1) is 14.7. The number of nitrogens with one attached hydrogen (secondary N) is 2. The van der Waals surface area contributed by atoms with E-state index in [2.05, 4.69) is 22.3 Å². The molecule has 0 aliphatic carbocycles. The van der Waals surface area contributed by atoms with Gasteiger partial charge in [-0.1, -0.05) is 6.07 Å². The van der Waals surface area contributed by atoms with Gasteiger partial charge in [-0.2, -0.15) is 8.78 Å². The average Bonchev–Trinajstić information content (AvgIpc) is 2.83. The Balaban J connectivity index is 1.95. The molecule has 2 rings (SSSR count). The molecule has 0 saturated carbocycles. The monoisotopic (exact) mass is 284 g/mol. The smallest absolute Gasteiger partial charge is 0.387 e. The lowest BCUT2D eigenvalue weighted by Crippen LogP contribution is -2.47. The Morgan fingerprint density at radius 2 is 2.35 bits per heavy atom. The average molecular weight is 284 g/mol. The molecule has 1 aromatic rings. The van der Waals surface area contributed by atoms with Crippen molar-refractivity contribution < 1.29 is 18.3 Å². The van der Waals surface area contributed by atoms with Crippen LogP contribution < -0.4 is 15.4 Å². The quantitative estimate of drug-likeness (QED) is 0.871. The summed E-state index contributed by atoms with van der Waals surface area (Å²) in [4.78, 5) is 12.0. The fourth-order valence-corrected chi connectivity index (χ4v) is 2.30. The molecule has 20 heavy (non-hydrogen) atoms. The van der Waals surface area contributed by atoms with Crippen molar-refractivity contribution in [3.05, 3.63) is 29.8 Å². The molecule has 0 spiro atoms. The van der Waals surface area contributed by atoms with Gasteiger partial charge in [0.15, 0.2) is 0 Å². The van der Waals surface area contributed by atoms with Crippen molar-refractivity contribution in [2.24, 2.45) is 0 Å². The van der Waals surface area contributed by atoms with Crippen LogP contribution in [0.2, 0.25) is 0 Å². The summed E-state index contributed by atoms with van der Waals surface area (Å²) in [5.41, 5.74) is 0.219. The number of halogens is 2. The zero-order valence-corrected chi connectivity index (χ0v) is 11.3. The maximum absolute atomic E-state index is 12.1. The minimum absolute atomic E-state index is 0.0159. The topological polar surface area (TPSA) is 50.4 Å². The zero-order valence-electron chi connectivity index (χ0n) is 11.3. The standard InChI is InChI=1S/C14H18F2N2O2/c1-14(6-3-7-18-14)9-17-12(19)10-4-2-5-11(8-10)20-13(15)16/h2,4-5,8,13,18H,3,6-7,9H2,1H3,(H,17,19). The fraction of sp³-hybridized carbons (Fsp3) is 0.500. The zero-order chi connectivity index (χ0) is 14.6. The van der Waals surface area contributed by atoms with Crippen LogP contribution >= 0.6 is 0 Å². The summed E-state index contributed by atoms with van der Waals surface area (Å²) < 4.78 is 28.5. The third kappa shape index (κ3) is 3.90. The van der Waals surface area contributed by atoms with Gasteiger partial charge >= 0.3 is 6.61 Å². The normalized spacial score (nSPS) is 22.0. The highest BCUT2D eigenvalue weighted by Crippen LogP contribution is 2.18. The van der Waals surface area contributed by atoms with Crippen LogP contribution in [0.15, 0.2) is 24.3 Å². The maximum atomic E-state index is 12.1. The van der Waals surface area contributed by atoms with Crippen molar-refractivity contribution in [3.63, 3.8) is 0 Å². The minimum atomic E-state index is -2.89. The molecule has 1 aromatic carbocycles. The molecule has 1 fully saturated rings. The summed E-state index contributed by atoms with van der Waals surface area (Å²) in [6, 6.07) is 5.79. The van der Waals surface area contributed by atoms with E-state index in [-0.39, 0.29) is 17.2 Å². The van der Waals surface area contributed by atoms with Gasteiger partial charge in [-0.25, -0.2) is 0 Å². The molecule has 1 atom stereocenters. The molecule has 2 N–H and O–H groups in total. The van der Waals surface area contributed by atoms with Gasteiger partial charge in [0, 0.05) is 17.6 Å². The summed E-state index contributed by atoms with van der Waals surface area (Å²) in [5, 5.41) is 6.16. The molecule has 110 valence electrons. The predicted molar refractivity (Wildman–Crippen MR) is 71.0 cm³/mol. The van der Waals surface area contributed by atoms with Crippen molar-refractivity contribution >= 4 is 5.91 Å². The highest BCUT2D eigenvalue weighted by molar-refractivity contribution is 5.94. The van der Waals surface area contributed by atoms with Gasteiger partial charge in [-0.15, -0.1) is 0 Å². The van der Waals surface area contributed by atoms with E-state index < -0.39 is 6.61 Å². The second-order valence-electron chi connectivity index (χ2n) is 5.18. The molecule has 1 amide bonds. The molecular weight excluding hydrogens is 266 g/mol. The van der Waals surface area contributed by atoms with Crippen LogP contribution in [-0.2, 0) is 0 Å².